The Labute approximate surface area is 142 Å². The molecule has 0 bridgehead atoms. The molecule has 1 heterocycles. The maximum atomic E-state index is 12.2. The van der Waals surface area contributed by atoms with Gasteiger partial charge in [0.15, 0.2) is 6.10 Å². The molecule has 8 heteroatoms. The van der Waals surface area contributed by atoms with E-state index in [0.717, 1.165) is 0 Å². The average molecular weight is 364 g/mol. The third-order valence-electron chi connectivity index (χ3n) is 3.36. The molecule has 1 amide bonds. The Bertz CT molecular complexity index is 590. The second-order valence-corrected chi connectivity index (χ2v) is 6.96. The number of halogens is 2. The molecule has 5 nitrogen and oxygen atoms in total. The van der Waals surface area contributed by atoms with Crippen molar-refractivity contribution in [2.75, 3.05) is 11.5 Å². The highest BCUT2D eigenvalue weighted by Crippen LogP contribution is 2.30. The van der Waals surface area contributed by atoms with E-state index >= 15 is 0 Å². The first kappa shape index (κ1) is 17.2. The van der Waals surface area contributed by atoms with Crippen molar-refractivity contribution in [3.05, 3.63) is 28.2 Å². The van der Waals surface area contributed by atoms with Gasteiger partial charge in [0.25, 0.3) is 5.91 Å². The number of rotatable bonds is 5. The van der Waals surface area contributed by atoms with Crippen LogP contribution in [0.1, 0.15) is 13.3 Å². The van der Waals surface area contributed by atoms with E-state index in [1.54, 1.807) is 12.1 Å². The summed E-state index contributed by atoms with van der Waals surface area (Å²) in [7, 11) is 0. The first-order valence-corrected chi connectivity index (χ1v) is 8.50. The lowest BCUT2D eigenvalue weighted by Gasteiger charge is -2.26. The molecule has 2 N–H and O–H groups in total. The predicted octanol–water partition coefficient (Wildman–Crippen LogP) is 2.84. The molecule has 1 saturated heterocycles. The van der Waals surface area contributed by atoms with Crippen molar-refractivity contribution in [1.82, 2.24) is 5.32 Å². The molecule has 1 aliphatic rings. The van der Waals surface area contributed by atoms with Crippen molar-refractivity contribution < 1.29 is 19.4 Å². The van der Waals surface area contributed by atoms with Gasteiger partial charge in [-0.15, -0.1) is 0 Å². The number of benzene rings is 1. The number of amides is 1. The van der Waals surface area contributed by atoms with Crippen LogP contribution in [0.4, 0.5) is 0 Å². The number of aliphatic carboxylic acids is 1. The van der Waals surface area contributed by atoms with Crippen molar-refractivity contribution >= 4 is 46.8 Å². The van der Waals surface area contributed by atoms with Gasteiger partial charge in [-0.2, -0.15) is 11.8 Å². The zero-order chi connectivity index (χ0) is 16.3. The molecule has 2 atom stereocenters. The molecule has 22 heavy (non-hydrogen) atoms. The van der Waals surface area contributed by atoms with Crippen LogP contribution in [0.2, 0.25) is 10.0 Å². The second-order valence-electron chi connectivity index (χ2n) is 5.01. The fraction of sp³-hybridized carbons (Fsp3) is 0.429. The van der Waals surface area contributed by atoms with Gasteiger partial charge in [-0.05, 0) is 37.3 Å². The van der Waals surface area contributed by atoms with E-state index in [1.165, 1.54) is 24.8 Å². The topological polar surface area (TPSA) is 75.6 Å². The van der Waals surface area contributed by atoms with Gasteiger partial charge in [0.05, 0.1) is 5.02 Å². The van der Waals surface area contributed by atoms with Gasteiger partial charge in [0.1, 0.15) is 11.3 Å². The zero-order valence-corrected chi connectivity index (χ0v) is 14.1. The van der Waals surface area contributed by atoms with Crippen LogP contribution < -0.4 is 10.1 Å². The van der Waals surface area contributed by atoms with Gasteiger partial charge in [-0.25, -0.2) is 4.79 Å². The number of nitrogens with one attached hydrogen (secondary N) is 1. The highest BCUT2D eigenvalue weighted by Gasteiger charge is 2.44. The van der Waals surface area contributed by atoms with Gasteiger partial charge in [0.2, 0.25) is 0 Å². The lowest BCUT2D eigenvalue weighted by atomic mass is 9.99. The van der Waals surface area contributed by atoms with Crippen molar-refractivity contribution in [2.24, 2.45) is 0 Å². The Morgan fingerprint density at radius 1 is 1.45 bits per heavy atom. The molecule has 1 aromatic carbocycles. The third kappa shape index (κ3) is 3.80. The Kier molecular flexibility index (Phi) is 5.47. The maximum absolute atomic E-state index is 12.2. The number of hydrogen-bond acceptors (Lipinski definition) is 4. The van der Waals surface area contributed by atoms with Crippen molar-refractivity contribution in [1.29, 1.82) is 0 Å². The number of carbonyl (C=O) groups excluding carboxylic acids is 1. The van der Waals surface area contributed by atoms with E-state index in [9.17, 15) is 14.7 Å². The summed E-state index contributed by atoms with van der Waals surface area (Å²) in [6.45, 7) is 1.54. The lowest BCUT2D eigenvalue weighted by Crippen LogP contribution is -2.57. The molecule has 1 aliphatic heterocycles. The summed E-state index contributed by atoms with van der Waals surface area (Å²) < 4.78 is 5.49. The molecule has 2 unspecified atom stereocenters. The third-order valence-corrected chi connectivity index (χ3v) is 5.08. The van der Waals surface area contributed by atoms with E-state index in [4.69, 9.17) is 27.9 Å². The normalized spacial score (nSPS) is 22.1. The van der Waals surface area contributed by atoms with E-state index in [1.807, 2.05) is 0 Å². The number of hydrogen-bond donors (Lipinski definition) is 2. The molecule has 0 spiro atoms. The minimum absolute atomic E-state index is 0.288. The van der Waals surface area contributed by atoms with Crippen LogP contribution in [0, 0.1) is 0 Å². The Morgan fingerprint density at radius 3 is 2.73 bits per heavy atom. The molecule has 0 aromatic heterocycles. The number of thioether (sulfide) groups is 1. The van der Waals surface area contributed by atoms with Crippen LogP contribution in [-0.2, 0) is 9.59 Å². The summed E-state index contributed by atoms with van der Waals surface area (Å²) in [5.41, 5.74) is -1.22. The standard InChI is InChI=1S/C14H15Cl2NO4S/c1-8(21-11-3-2-9(15)6-10(11)16)12(18)17-14(13(19)20)4-5-22-7-14/h2-3,6,8H,4-5,7H2,1H3,(H,17,18)(H,19,20). The Morgan fingerprint density at radius 2 is 2.18 bits per heavy atom. The van der Waals surface area contributed by atoms with Crippen molar-refractivity contribution in [3.63, 3.8) is 0 Å². The van der Waals surface area contributed by atoms with Crippen LogP contribution in [0.3, 0.4) is 0 Å². The molecule has 1 aromatic rings. The minimum atomic E-state index is -1.22. The SMILES string of the molecule is CC(Oc1ccc(Cl)cc1Cl)C(=O)NC1(C(=O)O)CCSC1. The van der Waals surface area contributed by atoms with Crippen LogP contribution in [0.5, 0.6) is 5.75 Å². The van der Waals surface area contributed by atoms with Gasteiger partial charge in [-0.3, -0.25) is 4.79 Å². The number of carboxylic acid groups (broad SMARTS) is 1. The average Bonchev–Trinajstić information content (AvgIpc) is 2.91. The molecule has 0 aliphatic carbocycles. The summed E-state index contributed by atoms with van der Waals surface area (Å²) in [4.78, 5) is 23.6. The number of ether oxygens (including phenoxy) is 1. The van der Waals surface area contributed by atoms with Crippen LogP contribution >= 0.6 is 35.0 Å². The van der Waals surface area contributed by atoms with Gasteiger partial charge in [0, 0.05) is 10.8 Å². The van der Waals surface area contributed by atoms with E-state index in [2.05, 4.69) is 5.32 Å². The fourth-order valence-electron chi connectivity index (χ4n) is 2.04. The summed E-state index contributed by atoms with van der Waals surface area (Å²) in [6, 6.07) is 4.67. The predicted molar refractivity (Wildman–Crippen MR) is 87.0 cm³/mol. The molecule has 120 valence electrons. The number of carboxylic acids is 1. The minimum Gasteiger partial charge on any atom is -0.479 e. The van der Waals surface area contributed by atoms with Gasteiger partial charge >= 0.3 is 5.97 Å². The summed E-state index contributed by atoms with van der Waals surface area (Å²) in [5.74, 6) is -0.148. The van der Waals surface area contributed by atoms with Crippen molar-refractivity contribution in [3.8, 4) is 5.75 Å². The molecule has 0 saturated carbocycles. The first-order valence-electron chi connectivity index (χ1n) is 6.59. The lowest BCUT2D eigenvalue weighted by molar-refractivity contribution is -0.147. The molecular weight excluding hydrogens is 349 g/mol. The Hall–Kier alpha value is -1.11. The smallest absolute Gasteiger partial charge is 0.330 e. The van der Waals surface area contributed by atoms with Crippen molar-refractivity contribution in [2.45, 2.75) is 25.0 Å². The molecule has 0 radical (unpaired) electrons. The van der Waals surface area contributed by atoms with E-state index in [-0.39, 0.29) is 5.02 Å². The highest BCUT2D eigenvalue weighted by molar-refractivity contribution is 7.99. The monoisotopic (exact) mass is 363 g/mol. The first-order chi connectivity index (χ1) is 10.3. The summed E-state index contributed by atoms with van der Waals surface area (Å²) in [5, 5.41) is 12.7. The van der Waals surface area contributed by atoms with E-state index in [0.29, 0.717) is 28.7 Å². The van der Waals surface area contributed by atoms with Crippen LogP contribution in [-0.4, -0.2) is 40.1 Å². The molecule has 1 fully saturated rings. The largest absolute Gasteiger partial charge is 0.479 e. The maximum Gasteiger partial charge on any atom is 0.330 e. The van der Waals surface area contributed by atoms with E-state index < -0.39 is 23.5 Å². The molecular formula is C14H15Cl2NO4S. The Balaban J connectivity index is 2.04. The van der Waals surface area contributed by atoms with Crippen LogP contribution in [0.25, 0.3) is 0 Å². The summed E-state index contributed by atoms with van der Waals surface area (Å²) >= 11 is 13.3. The van der Waals surface area contributed by atoms with Gasteiger partial charge in [-0.1, -0.05) is 23.2 Å². The number of carbonyl (C=O) groups is 2. The van der Waals surface area contributed by atoms with Gasteiger partial charge < -0.3 is 15.2 Å². The quantitative estimate of drug-likeness (QED) is 0.840. The highest BCUT2D eigenvalue weighted by atomic mass is 35.5. The van der Waals surface area contributed by atoms with Crippen LogP contribution in [0.15, 0.2) is 18.2 Å². The second kappa shape index (κ2) is 6.98. The zero-order valence-electron chi connectivity index (χ0n) is 11.8. The fourth-order valence-corrected chi connectivity index (χ4v) is 3.82. The molecule has 2 rings (SSSR count). The summed E-state index contributed by atoms with van der Waals surface area (Å²) in [6.07, 6.45) is -0.479.